The van der Waals surface area contributed by atoms with Crippen molar-refractivity contribution in [2.75, 3.05) is 7.11 Å². The third kappa shape index (κ3) is 2.74. The number of hydrogen-bond acceptors (Lipinski definition) is 4. The molecule has 6 nitrogen and oxygen atoms in total. The van der Waals surface area contributed by atoms with E-state index >= 15 is 0 Å². The van der Waals surface area contributed by atoms with Gasteiger partial charge in [0.15, 0.2) is 0 Å². The van der Waals surface area contributed by atoms with E-state index in [4.69, 9.17) is 4.42 Å². The summed E-state index contributed by atoms with van der Waals surface area (Å²) in [5, 5.41) is 0. The highest BCUT2D eigenvalue weighted by Gasteiger charge is 2.13. The van der Waals surface area contributed by atoms with Gasteiger partial charge >= 0.3 is 6.09 Å². The van der Waals surface area contributed by atoms with Gasteiger partial charge in [-0.2, -0.15) is 4.68 Å². The average molecular weight is 260 g/mol. The van der Waals surface area contributed by atoms with Crippen molar-refractivity contribution in [2.45, 2.75) is 0 Å². The number of aromatic nitrogens is 2. The molecule has 1 aromatic carbocycles. The molecule has 0 aliphatic rings. The molecule has 2 aromatic rings. The van der Waals surface area contributed by atoms with E-state index in [9.17, 15) is 9.59 Å². The summed E-state index contributed by atoms with van der Waals surface area (Å²) < 4.78 is 11.7. The lowest BCUT2D eigenvalue weighted by Gasteiger charge is -2.10. The molecule has 0 radical (unpaired) electrons. The molecule has 0 N–H and O–H groups in total. The third-order valence-electron chi connectivity index (χ3n) is 2.38. The van der Waals surface area contributed by atoms with Crippen molar-refractivity contribution < 1.29 is 18.7 Å². The first kappa shape index (κ1) is 12.7. The van der Waals surface area contributed by atoms with E-state index in [-0.39, 0.29) is 5.91 Å². The summed E-state index contributed by atoms with van der Waals surface area (Å²) in [6.07, 6.45) is 4.50. The highest BCUT2D eigenvalue weighted by Crippen LogP contribution is 2.03. The van der Waals surface area contributed by atoms with Crippen LogP contribution >= 0.6 is 0 Å². The third-order valence-corrected chi connectivity index (χ3v) is 2.38. The van der Waals surface area contributed by atoms with E-state index in [1.165, 1.54) is 32.0 Å². The topological polar surface area (TPSA) is 66.4 Å². The van der Waals surface area contributed by atoms with Gasteiger partial charge in [0.05, 0.1) is 19.5 Å². The fourth-order valence-electron chi connectivity index (χ4n) is 1.50. The lowest BCUT2D eigenvalue weighted by atomic mass is 10.2. The Hall–Kier alpha value is -2.76. The maximum absolute atomic E-state index is 12.3. The zero-order valence-electron chi connectivity index (χ0n) is 10.2. The molecule has 0 atom stereocenters. The zero-order chi connectivity index (χ0) is 13.7. The Morgan fingerprint density at radius 2 is 1.68 bits per heavy atom. The molecule has 2 rings (SSSR count). The summed E-state index contributed by atoms with van der Waals surface area (Å²) in [7, 11) is 1.23. The summed E-state index contributed by atoms with van der Waals surface area (Å²) in [6, 6.07) is 8.59. The minimum Gasteiger partial charge on any atom is -0.469 e. The second-order valence-electron chi connectivity index (χ2n) is 3.54. The average Bonchev–Trinajstić information content (AvgIpc) is 2.72. The van der Waals surface area contributed by atoms with Gasteiger partial charge in [0, 0.05) is 5.56 Å². The normalized spacial score (nSPS) is 9.74. The van der Waals surface area contributed by atoms with Gasteiger partial charge in [-0.05, 0) is 12.1 Å². The number of rotatable bonds is 1. The minimum atomic E-state index is -0.698. The van der Waals surface area contributed by atoms with Gasteiger partial charge in [-0.1, -0.05) is 18.2 Å². The molecule has 98 valence electrons. The molecule has 1 aromatic heterocycles. The molecular formula is C13H12N2O4. The predicted molar refractivity (Wildman–Crippen MR) is 66.3 cm³/mol. The summed E-state index contributed by atoms with van der Waals surface area (Å²) in [6.45, 7) is 0. The fraction of sp³-hybridized carbons (Fsp3) is 0.0769. The van der Waals surface area contributed by atoms with Gasteiger partial charge in [0.2, 0.25) is 0 Å². The number of benzene rings is 1. The number of methoxy groups -OCH3 is 1. The molecule has 6 heteroatoms. The maximum atomic E-state index is 12.3. The van der Waals surface area contributed by atoms with Crippen molar-refractivity contribution in [1.82, 2.24) is 9.36 Å². The van der Waals surface area contributed by atoms with Crippen molar-refractivity contribution in [2.24, 2.45) is 0 Å². The van der Waals surface area contributed by atoms with Crippen molar-refractivity contribution in [3.05, 3.63) is 60.8 Å². The van der Waals surface area contributed by atoms with Crippen LogP contribution in [0.4, 0.5) is 4.79 Å². The van der Waals surface area contributed by atoms with E-state index in [1.807, 2.05) is 0 Å². The molecule has 0 spiro atoms. The molecule has 1 heterocycles. The van der Waals surface area contributed by atoms with E-state index in [0.717, 1.165) is 9.36 Å². The van der Waals surface area contributed by atoms with E-state index < -0.39 is 6.09 Å². The minimum absolute atomic E-state index is 0.377. The Morgan fingerprint density at radius 3 is 2.32 bits per heavy atom. The first-order valence-corrected chi connectivity index (χ1v) is 5.48. The zero-order valence-corrected chi connectivity index (χ0v) is 10.2. The number of ether oxygens (including phenoxy) is 1. The van der Waals surface area contributed by atoms with Crippen molar-refractivity contribution in [3.8, 4) is 0 Å². The van der Waals surface area contributed by atoms with Gasteiger partial charge < -0.3 is 9.15 Å². The van der Waals surface area contributed by atoms with Gasteiger partial charge in [0.25, 0.3) is 5.91 Å². The van der Waals surface area contributed by atoms with Gasteiger partial charge in [-0.3, -0.25) is 4.79 Å². The molecule has 0 bridgehead atoms. The fourth-order valence-corrected chi connectivity index (χ4v) is 1.50. The molecule has 0 aliphatic heterocycles. The summed E-state index contributed by atoms with van der Waals surface area (Å²) >= 11 is 0. The number of carbonyl (C=O) groups is 2. The van der Waals surface area contributed by atoms with Crippen LogP contribution in [0.3, 0.4) is 0 Å². The Bertz CT molecular complexity index is 620. The lowest BCUT2D eigenvalue weighted by Crippen LogP contribution is -2.27. The van der Waals surface area contributed by atoms with E-state index in [0.29, 0.717) is 5.56 Å². The second-order valence-corrected chi connectivity index (χ2v) is 3.54. The summed E-state index contributed by atoms with van der Waals surface area (Å²) in [4.78, 5) is 24.0. The quantitative estimate of drug-likeness (QED) is 0.789. The predicted octanol–water partition coefficient (Wildman–Crippen LogP) is 2.31. The molecule has 0 saturated heterocycles. The highest BCUT2D eigenvalue weighted by atomic mass is 16.5. The first-order chi connectivity index (χ1) is 9.24. The van der Waals surface area contributed by atoms with Crippen molar-refractivity contribution in [1.29, 1.82) is 0 Å². The Morgan fingerprint density at radius 1 is 1.05 bits per heavy atom. The molecule has 0 fully saturated rings. The molecular weight excluding hydrogens is 248 g/mol. The van der Waals surface area contributed by atoms with E-state index in [1.54, 1.807) is 30.3 Å². The molecule has 0 unspecified atom stereocenters. The monoisotopic (exact) mass is 260 g/mol. The SMILES string of the molecule is COC(=O)n1ccoccn1C(=O)c1ccccc1. The molecule has 0 aliphatic carbocycles. The standard InChI is InChI=1S/C13H12N2O4/c1-18-13(17)15-8-10-19-9-7-14(15)12(16)11-5-3-2-4-6-11/h2-10H,1H3. The molecule has 0 amide bonds. The Kier molecular flexibility index (Phi) is 3.82. The van der Waals surface area contributed by atoms with Crippen molar-refractivity contribution >= 4 is 12.0 Å². The first-order valence-electron chi connectivity index (χ1n) is 5.48. The highest BCUT2D eigenvalue weighted by molar-refractivity contribution is 5.96. The number of hydrogen-bond donors (Lipinski definition) is 0. The molecule has 0 saturated carbocycles. The smallest absolute Gasteiger partial charge is 0.433 e. The van der Waals surface area contributed by atoms with Crippen LogP contribution in [0.5, 0.6) is 0 Å². The van der Waals surface area contributed by atoms with Crippen LogP contribution in [-0.4, -0.2) is 28.5 Å². The number of carbonyl (C=O) groups excluding carboxylic acids is 2. The van der Waals surface area contributed by atoms with Crippen LogP contribution in [0.15, 0.2) is 59.7 Å². The van der Waals surface area contributed by atoms with Crippen molar-refractivity contribution in [3.63, 3.8) is 0 Å². The summed E-state index contributed by atoms with van der Waals surface area (Å²) in [5.41, 5.74) is 0.441. The number of nitrogens with zero attached hydrogens (tertiary/aromatic N) is 2. The van der Waals surface area contributed by atoms with E-state index in [2.05, 4.69) is 4.74 Å². The van der Waals surface area contributed by atoms with Gasteiger partial charge in [0.1, 0.15) is 12.5 Å². The van der Waals surface area contributed by atoms with Crippen LogP contribution in [0.2, 0.25) is 0 Å². The largest absolute Gasteiger partial charge is 0.469 e. The van der Waals surface area contributed by atoms with Gasteiger partial charge in [-0.15, -0.1) is 0 Å². The molecule has 19 heavy (non-hydrogen) atoms. The maximum Gasteiger partial charge on any atom is 0.433 e. The van der Waals surface area contributed by atoms with Crippen LogP contribution < -0.4 is 0 Å². The van der Waals surface area contributed by atoms with Crippen LogP contribution in [0.1, 0.15) is 10.4 Å². The van der Waals surface area contributed by atoms with Crippen LogP contribution in [0.25, 0.3) is 0 Å². The van der Waals surface area contributed by atoms with Crippen LogP contribution in [-0.2, 0) is 4.74 Å². The second kappa shape index (κ2) is 5.72. The van der Waals surface area contributed by atoms with Crippen LogP contribution in [0, 0.1) is 0 Å². The Balaban J connectivity index is 2.54. The Labute approximate surface area is 109 Å². The van der Waals surface area contributed by atoms with Gasteiger partial charge in [-0.25, -0.2) is 9.48 Å². The summed E-state index contributed by atoms with van der Waals surface area (Å²) in [5.74, 6) is -0.377. The lowest BCUT2D eigenvalue weighted by molar-refractivity contribution is 0.0916.